The summed E-state index contributed by atoms with van der Waals surface area (Å²) < 4.78 is 8.50. The largest absolute Gasteiger partial charge is 0.340 e. The lowest BCUT2D eigenvalue weighted by Crippen LogP contribution is -2.41. The summed E-state index contributed by atoms with van der Waals surface area (Å²) in [5.74, 6) is 0.712. The number of para-hydroxylation sites is 3. The van der Waals surface area contributed by atoms with E-state index < -0.39 is 11.1 Å². The lowest BCUT2D eigenvalue weighted by molar-refractivity contribution is 0.364. The Kier molecular flexibility index (Phi) is 15.3. The summed E-state index contributed by atoms with van der Waals surface area (Å²) in [5.41, 5.74) is 32.9. The van der Waals surface area contributed by atoms with Gasteiger partial charge in [0.15, 0.2) is 0 Å². The fourth-order valence-electron chi connectivity index (χ4n) is 14.6. The van der Waals surface area contributed by atoms with Crippen molar-refractivity contribution in [3.8, 4) is 0 Å². The summed E-state index contributed by atoms with van der Waals surface area (Å²) in [6, 6.07) is 28.2. The number of hydrogen-bond donors (Lipinski definition) is 2. The molecule has 0 spiro atoms. The van der Waals surface area contributed by atoms with Crippen LogP contribution in [-0.4, -0.2) is 20.2 Å². The fourth-order valence-corrected chi connectivity index (χ4v) is 14.6. The van der Waals surface area contributed by atoms with Crippen LogP contribution in [0.1, 0.15) is 189 Å². The average Bonchev–Trinajstić information content (AvgIpc) is 4.17. The molecule has 3 aromatic carbocycles. The van der Waals surface area contributed by atoms with Gasteiger partial charge in [-0.1, -0.05) is 155 Å². The third-order valence-electron chi connectivity index (χ3n) is 18.6. The van der Waals surface area contributed by atoms with Crippen molar-refractivity contribution in [1.29, 1.82) is 0 Å². The first kappa shape index (κ1) is 51.2. The molecular weight excluding hydrogens is 911 g/mol. The van der Waals surface area contributed by atoms with E-state index >= 15 is 0 Å². The summed E-state index contributed by atoms with van der Waals surface area (Å²) in [6.07, 6.45) is 47.0. The summed E-state index contributed by atoms with van der Waals surface area (Å²) in [7, 11) is 0. The number of aryl methyl sites for hydroxylation is 1. The first-order chi connectivity index (χ1) is 36.8. The number of rotatable bonds is 14. The highest BCUT2D eigenvalue weighted by Crippen LogP contribution is 2.59. The second-order valence-electron chi connectivity index (χ2n) is 23.2. The molecule has 6 aromatic rings. The van der Waals surface area contributed by atoms with Gasteiger partial charge in [0.25, 0.3) is 0 Å². The van der Waals surface area contributed by atoms with Crippen LogP contribution >= 0.6 is 0 Å². The summed E-state index contributed by atoms with van der Waals surface area (Å²) in [4.78, 5) is 0. The molecule has 0 radical (unpaired) electrons. The van der Waals surface area contributed by atoms with Crippen molar-refractivity contribution in [2.24, 2.45) is 17.4 Å². The van der Waals surface area contributed by atoms with E-state index in [0.29, 0.717) is 11.8 Å². The van der Waals surface area contributed by atoms with Crippen molar-refractivity contribution in [2.45, 2.75) is 179 Å². The molecule has 0 amide bonds. The molecule has 4 atom stereocenters. The molecular formula is C70H85N5. The smallest absolute Gasteiger partial charge is 0.107 e. The number of benzene rings is 3. The van der Waals surface area contributed by atoms with Gasteiger partial charge in [-0.3, -0.25) is 0 Å². The molecule has 0 bridgehead atoms. The van der Waals surface area contributed by atoms with Gasteiger partial charge in [-0.25, -0.2) is 0 Å². The van der Waals surface area contributed by atoms with Crippen LogP contribution in [0.25, 0.3) is 56.6 Å². The van der Waals surface area contributed by atoms with Gasteiger partial charge in [0, 0.05) is 62.1 Å². The highest BCUT2D eigenvalue weighted by Gasteiger charge is 2.51. The summed E-state index contributed by atoms with van der Waals surface area (Å²) in [6.45, 7) is 13.6. The Morgan fingerprint density at radius 3 is 2.32 bits per heavy atom. The molecule has 2 saturated carbocycles. The minimum atomic E-state index is -0.519. The molecule has 0 aliphatic heterocycles. The van der Waals surface area contributed by atoms with Crippen LogP contribution in [0.4, 0.5) is 0 Å². The zero-order valence-corrected chi connectivity index (χ0v) is 45.8. The van der Waals surface area contributed by atoms with Gasteiger partial charge in [0.2, 0.25) is 0 Å². The van der Waals surface area contributed by atoms with Crippen LogP contribution in [0.3, 0.4) is 0 Å². The second-order valence-corrected chi connectivity index (χ2v) is 23.2. The Balaban J connectivity index is 1.24. The van der Waals surface area contributed by atoms with Crippen LogP contribution in [0.5, 0.6) is 0 Å². The third kappa shape index (κ3) is 9.39. The van der Waals surface area contributed by atoms with E-state index in [1.807, 2.05) is 0 Å². The number of allylic oxidation sites excluding steroid dienone is 12. The lowest BCUT2D eigenvalue weighted by atomic mass is 9.72. The second kappa shape index (κ2) is 22.4. The highest BCUT2D eigenvalue weighted by atomic mass is 15.2. The highest BCUT2D eigenvalue weighted by molar-refractivity contribution is 5.96. The zero-order chi connectivity index (χ0) is 51.5. The Hall–Kier alpha value is -5.88. The molecule has 4 unspecified atom stereocenters. The molecule has 2 fully saturated rings. The number of fused-ring (bicyclic) bond motifs is 9. The number of nitrogens with two attached hydrogens (primary N) is 2. The average molecular weight is 996 g/mol. The first-order valence-electron chi connectivity index (χ1n) is 29.6. The fraction of sp³-hybridized carbons (Fsp3) is 0.429. The van der Waals surface area contributed by atoms with E-state index in [2.05, 4.69) is 168 Å². The van der Waals surface area contributed by atoms with Gasteiger partial charge >= 0.3 is 0 Å². The zero-order valence-electron chi connectivity index (χ0n) is 45.8. The van der Waals surface area contributed by atoms with Crippen LogP contribution in [0.15, 0.2) is 144 Å². The number of aromatic nitrogens is 3. The van der Waals surface area contributed by atoms with Crippen LogP contribution < -0.4 is 11.5 Å². The maximum absolute atomic E-state index is 7.98. The Morgan fingerprint density at radius 1 is 0.733 bits per heavy atom. The lowest BCUT2D eigenvalue weighted by Gasteiger charge is -2.45. The monoisotopic (exact) mass is 996 g/mol. The molecule has 4 N–H and O–H groups in total. The van der Waals surface area contributed by atoms with Crippen molar-refractivity contribution in [2.75, 3.05) is 6.54 Å². The van der Waals surface area contributed by atoms with Gasteiger partial charge in [-0.15, -0.1) is 0 Å². The first-order valence-corrected chi connectivity index (χ1v) is 29.6. The SMILES string of the molecule is C=C(C/C=C1/CCCC1(/C(=C1/CCC1Cn1c2c(c3ccccc31)CC/C(CCCN)=C\C=C/2)n1c2c(c3ccccc31)C(C)CC/C=C/C=C\2)n1c2c(c3ccccc31)C(N)(CC)CCCCC/C=C\2)CCCC. The normalized spacial score (nSPS) is 26.7. The van der Waals surface area contributed by atoms with Crippen molar-refractivity contribution in [3.63, 3.8) is 0 Å². The molecule has 5 aliphatic carbocycles. The molecule has 5 nitrogen and oxygen atoms in total. The van der Waals surface area contributed by atoms with Crippen LogP contribution in [0.2, 0.25) is 0 Å². The topological polar surface area (TPSA) is 66.8 Å². The van der Waals surface area contributed by atoms with E-state index in [0.717, 1.165) is 122 Å². The maximum atomic E-state index is 7.98. The van der Waals surface area contributed by atoms with Crippen molar-refractivity contribution in [3.05, 3.63) is 178 Å². The number of nitrogens with zero attached hydrogens (tertiary/aromatic N) is 3. The minimum absolute atomic E-state index is 0.331. The molecule has 3 heterocycles. The molecule has 3 aromatic heterocycles. The summed E-state index contributed by atoms with van der Waals surface area (Å²) >= 11 is 0. The van der Waals surface area contributed by atoms with Gasteiger partial charge in [-0.05, 0) is 187 Å². The van der Waals surface area contributed by atoms with Crippen LogP contribution in [-0.2, 0) is 24.0 Å². The number of unbranched alkanes of at least 4 members (excludes halogenated alkanes) is 1. The summed E-state index contributed by atoms with van der Waals surface area (Å²) in [5, 5.41) is 4.12. The van der Waals surface area contributed by atoms with E-state index in [4.69, 9.17) is 18.0 Å². The van der Waals surface area contributed by atoms with Gasteiger partial charge < -0.3 is 25.2 Å². The van der Waals surface area contributed by atoms with Crippen molar-refractivity contribution >= 4 is 56.6 Å². The standard InChI is InChI=1S/C70H85N5/c1-5-7-26-50(3)40-43-54-30-24-47-70(54,75-63-36-21-18-33-59(63)67-65(75)38-15-9-8-12-22-46-69(67,72)6-2)68(74-62-35-20-17-32-58(62)66-51(4)27-13-10-11-14-37-64(66)74)55-45-42-53(55)49-73-60-34-19-16-31-56(60)57-44-41-52(29-25-48-71)28-23-39-61(57)73/h10-11,14-21,23,28,31-39,43,51,53H,3,5-9,12-13,22,24-27,29-30,40-42,44-49,71-72H2,1-2,4H3/b11-10+,37-14-,38-15-,39-23-,52-28-,54-43-,68-55+. The van der Waals surface area contributed by atoms with Crippen LogP contribution in [0, 0.1) is 5.92 Å². The predicted molar refractivity (Wildman–Crippen MR) is 323 cm³/mol. The van der Waals surface area contributed by atoms with E-state index in [9.17, 15) is 0 Å². The molecule has 5 heteroatoms. The minimum Gasteiger partial charge on any atom is -0.340 e. The third-order valence-corrected chi connectivity index (χ3v) is 18.6. The predicted octanol–water partition coefficient (Wildman–Crippen LogP) is 18.1. The molecule has 75 heavy (non-hydrogen) atoms. The van der Waals surface area contributed by atoms with Gasteiger partial charge in [0.1, 0.15) is 5.54 Å². The number of hydrogen-bond acceptors (Lipinski definition) is 2. The van der Waals surface area contributed by atoms with Crippen molar-refractivity contribution in [1.82, 2.24) is 13.7 Å². The Morgan fingerprint density at radius 2 is 1.52 bits per heavy atom. The van der Waals surface area contributed by atoms with E-state index in [1.165, 1.54) is 109 Å². The van der Waals surface area contributed by atoms with Crippen molar-refractivity contribution < 1.29 is 0 Å². The molecule has 5 aliphatic rings. The van der Waals surface area contributed by atoms with Gasteiger partial charge in [-0.2, -0.15) is 0 Å². The Labute approximate surface area is 449 Å². The van der Waals surface area contributed by atoms with E-state index in [1.54, 1.807) is 11.1 Å². The Bertz CT molecular complexity index is 3310. The quantitative estimate of drug-likeness (QED) is 0.107. The molecule has 390 valence electrons. The van der Waals surface area contributed by atoms with Gasteiger partial charge in [0.05, 0.1) is 16.9 Å². The molecule has 0 saturated heterocycles. The van der Waals surface area contributed by atoms with E-state index in [-0.39, 0.29) is 0 Å². The molecule has 11 rings (SSSR count). The maximum Gasteiger partial charge on any atom is 0.107 e.